The Hall–Kier alpha value is -0.740. The number of amides is 1. The van der Waals surface area contributed by atoms with Gasteiger partial charge in [0.1, 0.15) is 11.1 Å². The van der Waals surface area contributed by atoms with Gasteiger partial charge in [0.2, 0.25) is 5.91 Å². The summed E-state index contributed by atoms with van der Waals surface area (Å²) in [5.74, 6) is -0.900. The predicted octanol–water partition coefficient (Wildman–Crippen LogP) is 1.61. The highest BCUT2D eigenvalue weighted by molar-refractivity contribution is 6.23. The maximum absolute atomic E-state index is 11.3. The Balaban J connectivity index is 2.49. The van der Waals surface area contributed by atoms with E-state index in [1.807, 2.05) is 6.92 Å². The zero-order valence-corrected chi connectivity index (χ0v) is 10.6. The zero-order chi connectivity index (χ0) is 12.8. The lowest BCUT2D eigenvalue weighted by molar-refractivity contribution is -0.125. The topological polar surface area (TPSA) is 83.6 Å². The molecule has 0 spiro atoms. The Bertz CT molecular complexity index is 395. The van der Waals surface area contributed by atoms with Gasteiger partial charge in [0.25, 0.3) is 0 Å². The van der Waals surface area contributed by atoms with Gasteiger partial charge in [-0.3, -0.25) is 4.79 Å². The fraction of sp³-hybridized carbons (Fsp3) is 0.750. The molecule has 5 heteroatoms. The summed E-state index contributed by atoms with van der Waals surface area (Å²) in [4.78, 5) is 11.3. The van der Waals surface area contributed by atoms with Gasteiger partial charge in [-0.15, -0.1) is 11.6 Å². The van der Waals surface area contributed by atoms with Crippen molar-refractivity contribution in [2.75, 3.05) is 0 Å². The molecular formula is C12H18ClNO3. The Kier molecular flexibility index (Phi) is 2.91. The van der Waals surface area contributed by atoms with E-state index in [0.29, 0.717) is 12.8 Å². The van der Waals surface area contributed by atoms with Gasteiger partial charge in [0, 0.05) is 5.41 Å². The predicted molar refractivity (Wildman–Crippen MR) is 64.6 cm³/mol. The van der Waals surface area contributed by atoms with Crippen molar-refractivity contribution in [3.8, 4) is 0 Å². The van der Waals surface area contributed by atoms with E-state index in [1.165, 1.54) is 0 Å². The maximum atomic E-state index is 11.3. The second-order valence-corrected chi connectivity index (χ2v) is 5.90. The van der Waals surface area contributed by atoms with Crippen LogP contribution in [0.3, 0.4) is 0 Å². The standard InChI is InChI=1S/C12H18ClNO3/c1-11-4-2-3-5-12(11,17)9(13)8(15)7(6-11)10(14)16/h9,15,17H,2-6H2,1H3,(H2,14,16)/t9-,11-,12+/m1/s1. The number of primary amides is 1. The lowest BCUT2D eigenvalue weighted by atomic mass is 9.57. The van der Waals surface area contributed by atoms with Crippen LogP contribution >= 0.6 is 11.6 Å². The van der Waals surface area contributed by atoms with E-state index >= 15 is 0 Å². The quantitative estimate of drug-likeness (QED) is 0.626. The highest BCUT2D eigenvalue weighted by Gasteiger charge is 2.57. The van der Waals surface area contributed by atoms with E-state index in [1.54, 1.807) is 0 Å². The Morgan fingerprint density at radius 3 is 2.65 bits per heavy atom. The third kappa shape index (κ3) is 1.66. The van der Waals surface area contributed by atoms with E-state index < -0.39 is 22.3 Å². The molecule has 4 nitrogen and oxygen atoms in total. The van der Waals surface area contributed by atoms with Crippen LogP contribution in [-0.2, 0) is 4.79 Å². The summed E-state index contributed by atoms with van der Waals surface area (Å²) in [6.07, 6.45) is 3.52. The van der Waals surface area contributed by atoms with Gasteiger partial charge in [0.15, 0.2) is 0 Å². The SMILES string of the molecule is C[C@]12CCCC[C@]1(O)[C@H](Cl)C(O)=C(C(N)=O)C2. The molecule has 2 aliphatic carbocycles. The lowest BCUT2D eigenvalue weighted by Crippen LogP contribution is -2.58. The summed E-state index contributed by atoms with van der Waals surface area (Å²) in [7, 11) is 0. The molecule has 0 bridgehead atoms. The first-order valence-corrected chi connectivity index (χ1v) is 6.34. The van der Waals surface area contributed by atoms with E-state index in [-0.39, 0.29) is 11.3 Å². The van der Waals surface area contributed by atoms with Crippen LogP contribution in [0.4, 0.5) is 0 Å². The van der Waals surface area contributed by atoms with Crippen LogP contribution in [-0.4, -0.2) is 27.1 Å². The first kappa shape index (κ1) is 12.7. The number of aliphatic hydroxyl groups is 2. The van der Waals surface area contributed by atoms with Crippen molar-refractivity contribution in [3.63, 3.8) is 0 Å². The van der Waals surface area contributed by atoms with Crippen molar-refractivity contribution >= 4 is 17.5 Å². The Morgan fingerprint density at radius 2 is 2.06 bits per heavy atom. The summed E-state index contributed by atoms with van der Waals surface area (Å²) in [5, 5.41) is 19.7. The number of rotatable bonds is 1. The van der Waals surface area contributed by atoms with Gasteiger partial charge in [-0.2, -0.15) is 0 Å². The maximum Gasteiger partial charge on any atom is 0.248 e. The van der Waals surface area contributed by atoms with Crippen molar-refractivity contribution in [3.05, 3.63) is 11.3 Å². The van der Waals surface area contributed by atoms with Gasteiger partial charge in [-0.25, -0.2) is 0 Å². The molecule has 2 aliphatic rings. The number of nitrogens with two attached hydrogens (primary N) is 1. The summed E-state index contributed by atoms with van der Waals surface area (Å²) < 4.78 is 0. The molecule has 0 aromatic carbocycles. The summed E-state index contributed by atoms with van der Waals surface area (Å²) >= 11 is 6.14. The molecule has 0 radical (unpaired) electrons. The molecule has 0 aromatic rings. The minimum Gasteiger partial charge on any atom is -0.510 e. The van der Waals surface area contributed by atoms with Gasteiger partial charge in [-0.1, -0.05) is 19.8 Å². The molecule has 17 heavy (non-hydrogen) atoms. The third-order valence-electron chi connectivity index (χ3n) is 4.41. The molecule has 0 aliphatic heterocycles. The fourth-order valence-electron chi connectivity index (χ4n) is 3.18. The number of carbonyl (C=O) groups excluding carboxylic acids is 1. The minimum atomic E-state index is -1.14. The molecule has 1 amide bonds. The van der Waals surface area contributed by atoms with Gasteiger partial charge >= 0.3 is 0 Å². The van der Waals surface area contributed by atoms with Crippen LogP contribution in [0.5, 0.6) is 0 Å². The van der Waals surface area contributed by atoms with E-state index in [9.17, 15) is 15.0 Å². The molecule has 3 atom stereocenters. The van der Waals surface area contributed by atoms with Crippen LogP contribution in [0.15, 0.2) is 11.3 Å². The lowest BCUT2D eigenvalue weighted by Gasteiger charge is -2.53. The van der Waals surface area contributed by atoms with E-state index in [4.69, 9.17) is 17.3 Å². The van der Waals surface area contributed by atoms with Crippen molar-refractivity contribution in [2.45, 2.75) is 50.0 Å². The molecule has 0 saturated heterocycles. The van der Waals surface area contributed by atoms with Crippen LogP contribution in [0.1, 0.15) is 39.0 Å². The number of fused-ring (bicyclic) bond motifs is 1. The van der Waals surface area contributed by atoms with Gasteiger partial charge < -0.3 is 15.9 Å². The molecule has 0 unspecified atom stereocenters. The third-order valence-corrected chi connectivity index (χ3v) is 4.98. The number of halogens is 1. The molecule has 96 valence electrons. The molecule has 0 heterocycles. The van der Waals surface area contributed by atoms with Crippen LogP contribution in [0, 0.1) is 5.41 Å². The second kappa shape index (κ2) is 3.89. The number of hydrogen-bond donors (Lipinski definition) is 3. The smallest absolute Gasteiger partial charge is 0.248 e. The molecular weight excluding hydrogens is 242 g/mol. The number of carbonyl (C=O) groups is 1. The molecule has 1 saturated carbocycles. The average molecular weight is 260 g/mol. The van der Waals surface area contributed by atoms with Crippen molar-refractivity contribution in [2.24, 2.45) is 11.1 Å². The zero-order valence-electron chi connectivity index (χ0n) is 9.87. The Labute approximate surface area is 105 Å². The summed E-state index contributed by atoms with van der Waals surface area (Å²) in [6, 6.07) is 0. The van der Waals surface area contributed by atoms with Crippen LogP contribution in [0.2, 0.25) is 0 Å². The van der Waals surface area contributed by atoms with Crippen LogP contribution in [0.25, 0.3) is 0 Å². The van der Waals surface area contributed by atoms with Gasteiger partial charge in [0.05, 0.1) is 11.2 Å². The van der Waals surface area contributed by atoms with E-state index in [2.05, 4.69) is 0 Å². The molecule has 4 N–H and O–H groups in total. The second-order valence-electron chi connectivity index (χ2n) is 5.46. The monoisotopic (exact) mass is 259 g/mol. The number of aliphatic hydroxyl groups excluding tert-OH is 1. The first-order valence-electron chi connectivity index (χ1n) is 5.90. The molecule has 0 aromatic heterocycles. The van der Waals surface area contributed by atoms with Crippen molar-refractivity contribution in [1.82, 2.24) is 0 Å². The summed E-state index contributed by atoms with van der Waals surface area (Å²) in [5.41, 5.74) is 3.79. The average Bonchev–Trinajstić information content (AvgIpc) is 2.27. The van der Waals surface area contributed by atoms with E-state index in [0.717, 1.165) is 19.3 Å². The summed E-state index contributed by atoms with van der Waals surface area (Å²) in [6.45, 7) is 1.91. The number of hydrogen-bond acceptors (Lipinski definition) is 3. The molecule has 2 rings (SSSR count). The molecule has 1 fully saturated rings. The largest absolute Gasteiger partial charge is 0.510 e. The minimum absolute atomic E-state index is 0.166. The van der Waals surface area contributed by atoms with Crippen LogP contribution < -0.4 is 5.73 Å². The Morgan fingerprint density at radius 1 is 1.47 bits per heavy atom. The highest BCUT2D eigenvalue weighted by atomic mass is 35.5. The number of alkyl halides is 1. The fourth-order valence-corrected chi connectivity index (χ4v) is 3.68. The van der Waals surface area contributed by atoms with Crippen molar-refractivity contribution < 1.29 is 15.0 Å². The van der Waals surface area contributed by atoms with Crippen molar-refractivity contribution in [1.29, 1.82) is 0 Å². The first-order chi connectivity index (χ1) is 7.82. The normalized spacial score (nSPS) is 42.2. The van der Waals surface area contributed by atoms with Gasteiger partial charge in [-0.05, 0) is 19.3 Å². The highest BCUT2D eigenvalue weighted by Crippen LogP contribution is 2.55.